The second-order valence-corrected chi connectivity index (χ2v) is 8.11. The number of carbonyl (C=O) groups excluding carboxylic acids is 1. The van der Waals surface area contributed by atoms with Gasteiger partial charge in [-0.15, -0.1) is 0 Å². The molecule has 2 aliphatic heterocycles. The predicted octanol–water partition coefficient (Wildman–Crippen LogP) is 2.76. The van der Waals surface area contributed by atoms with Crippen LogP contribution in [0.4, 0.5) is 11.4 Å². The number of furan rings is 1. The Morgan fingerprint density at radius 2 is 1.94 bits per heavy atom. The van der Waals surface area contributed by atoms with E-state index in [-0.39, 0.29) is 17.6 Å². The highest BCUT2D eigenvalue weighted by Crippen LogP contribution is 2.31. The summed E-state index contributed by atoms with van der Waals surface area (Å²) in [6.07, 6.45) is 3.31. The fraction of sp³-hybridized carbons (Fsp3) is 0.500. The molecule has 0 aliphatic carbocycles. The normalized spacial score (nSPS) is 18.2. The summed E-state index contributed by atoms with van der Waals surface area (Å²) in [5.74, 6) is 0.495. The Balaban J connectivity index is 1.62. The van der Waals surface area contributed by atoms with Gasteiger partial charge in [-0.05, 0) is 57.2 Å². The first-order chi connectivity index (χ1) is 15.0. The van der Waals surface area contributed by atoms with Crippen LogP contribution in [0.1, 0.15) is 29.0 Å². The lowest BCUT2D eigenvalue weighted by Gasteiger charge is -2.37. The topological polar surface area (TPSA) is 92.3 Å². The maximum Gasteiger partial charge on any atom is 0.293 e. The molecule has 2 aliphatic rings. The molecule has 9 heteroatoms. The minimum atomic E-state index is -0.409. The van der Waals surface area contributed by atoms with E-state index in [1.807, 2.05) is 11.0 Å². The molecule has 9 nitrogen and oxygen atoms in total. The van der Waals surface area contributed by atoms with Gasteiger partial charge in [0.15, 0.2) is 0 Å². The van der Waals surface area contributed by atoms with Crippen molar-refractivity contribution in [3.63, 3.8) is 0 Å². The van der Waals surface area contributed by atoms with E-state index in [2.05, 4.69) is 11.9 Å². The fourth-order valence-corrected chi connectivity index (χ4v) is 4.28. The van der Waals surface area contributed by atoms with Gasteiger partial charge in [0.1, 0.15) is 11.4 Å². The molecule has 1 amide bonds. The van der Waals surface area contributed by atoms with Gasteiger partial charge in [0, 0.05) is 30.8 Å². The number of anilines is 1. The van der Waals surface area contributed by atoms with Gasteiger partial charge in [-0.1, -0.05) is 0 Å². The first-order valence-electron chi connectivity index (χ1n) is 10.7. The van der Waals surface area contributed by atoms with Gasteiger partial charge in [-0.2, -0.15) is 0 Å². The number of likely N-dealkylation sites (tertiary alicyclic amines) is 1. The molecule has 31 heavy (non-hydrogen) atoms. The van der Waals surface area contributed by atoms with Crippen LogP contribution in [0.25, 0.3) is 0 Å². The minimum Gasteiger partial charge on any atom is -0.467 e. The zero-order valence-electron chi connectivity index (χ0n) is 17.7. The zero-order valence-corrected chi connectivity index (χ0v) is 17.7. The largest absolute Gasteiger partial charge is 0.467 e. The maximum absolute atomic E-state index is 13.5. The number of carbonyl (C=O) groups is 1. The van der Waals surface area contributed by atoms with Gasteiger partial charge in [-0.25, -0.2) is 0 Å². The molecule has 0 spiro atoms. The van der Waals surface area contributed by atoms with Gasteiger partial charge in [0.25, 0.3) is 11.6 Å². The molecule has 0 bridgehead atoms. The monoisotopic (exact) mass is 428 g/mol. The smallest absolute Gasteiger partial charge is 0.293 e. The highest BCUT2D eigenvalue weighted by molar-refractivity contribution is 5.96. The first-order valence-corrected chi connectivity index (χ1v) is 10.7. The van der Waals surface area contributed by atoms with Crippen LogP contribution in [-0.2, 0) is 11.3 Å². The maximum atomic E-state index is 13.5. The van der Waals surface area contributed by atoms with Crippen molar-refractivity contribution in [3.05, 3.63) is 58.0 Å². The number of hydrogen-bond acceptors (Lipinski definition) is 7. The highest BCUT2D eigenvalue weighted by atomic mass is 16.6. The number of ether oxygens (including phenoxy) is 1. The molecule has 0 atom stereocenters. The first kappa shape index (κ1) is 21.3. The fourth-order valence-electron chi connectivity index (χ4n) is 4.28. The van der Waals surface area contributed by atoms with Crippen LogP contribution in [0.3, 0.4) is 0 Å². The van der Waals surface area contributed by atoms with E-state index in [0.717, 1.165) is 25.9 Å². The van der Waals surface area contributed by atoms with Crippen molar-refractivity contribution in [2.24, 2.45) is 0 Å². The molecule has 0 saturated carbocycles. The average Bonchev–Trinajstić information content (AvgIpc) is 3.31. The number of rotatable bonds is 6. The third-order valence-corrected chi connectivity index (χ3v) is 6.07. The lowest BCUT2D eigenvalue weighted by molar-refractivity contribution is -0.384. The van der Waals surface area contributed by atoms with E-state index in [0.29, 0.717) is 49.9 Å². The van der Waals surface area contributed by atoms with Gasteiger partial charge < -0.3 is 23.9 Å². The third kappa shape index (κ3) is 4.88. The summed E-state index contributed by atoms with van der Waals surface area (Å²) in [5, 5.41) is 11.8. The quantitative estimate of drug-likeness (QED) is 0.516. The number of hydrogen-bond donors (Lipinski definition) is 0. The van der Waals surface area contributed by atoms with Crippen molar-refractivity contribution in [2.45, 2.75) is 25.4 Å². The summed E-state index contributed by atoms with van der Waals surface area (Å²) in [6.45, 7) is 4.41. The molecule has 4 rings (SSSR count). The SMILES string of the molecule is CN1CCC(N(Cc2ccco2)C(=O)c2ccc(N3CCOCC3)c([N+](=O)[O-])c2)CC1. The van der Waals surface area contributed by atoms with Crippen LogP contribution in [-0.4, -0.2) is 73.1 Å². The predicted molar refractivity (Wildman–Crippen MR) is 115 cm³/mol. The minimum absolute atomic E-state index is 0.0472. The molecule has 166 valence electrons. The van der Waals surface area contributed by atoms with E-state index in [1.54, 1.807) is 29.4 Å². The number of morpholine rings is 1. The molecular formula is C22H28N4O5. The molecule has 2 fully saturated rings. The molecule has 0 N–H and O–H groups in total. The number of amides is 1. The number of benzene rings is 1. The lowest BCUT2D eigenvalue weighted by atomic mass is 10.0. The van der Waals surface area contributed by atoms with Crippen molar-refractivity contribution in [1.29, 1.82) is 0 Å². The number of nitro groups is 1. The Hall–Kier alpha value is -2.91. The van der Waals surface area contributed by atoms with Crippen molar-refractivity contribution < 1.29 is 18.9 Å². The van der Waals surface area contributed by atoms with Crippen LogP contribution in [0.5, 0.6) is 0 Å². The van der Waals surface area contributed by atoms with Crippen LogP contribution in [0, 0.1) is 10.1 Å². The van der Waals surface area contributed by atoms with Crippen molar-refractivity contribution in [1.82, 2.24) is 9.80 Å². The number of nitro benzene ring substituents is 1. The zero-order chi connectivity index (χ0) is 21.8. The van der Waals surface area contributed by atoms with Crippen molar-refractivity contribution >= 4 is 17.3 Å². The van der Waals surface area contributed by atoms with E-state index in [1.165, 1.54) is 6.07 Å². The Morgan fingerprint density at radius 3 is 2.58 bits per heavy atom. The number of piperidine rings is 1. The molecule has 0 radical (unpaired) electrons. The standard InChI is InChI=1S/C22H28N4O5/c1-23-8-6-18(7-9-23)25(16-19-3-2-12-31-19)22(27)17-4-5-20(21(15-17)26(28)29)24-10-13-30-14-11-24/h2-5,12,15,18H,6-11,13-14,16H2,1H3. The average molecular weight is 428 g/mol. The van der Waals surface area contributed by atoms with Gasteiger partial charge in [0.2, 0.25) is 0 Å². The van der Waals surface area contributed by atoms with Crippen LogP contribution >= 0.6 is 0 Å². The van der Waals surface area contributed by atoms with Crippen LogP contribution in [0.15, 0.2) is 41.0 Å². The lowest BCUT2D eigenvalue weighted by Crippen LogP contribution is -2.46. The third-order valence-electron chi connectivity index (χ3n) is 6.07. The summed E-state index contributed by atoms with van der Waals surface area (Å²) in [5.41, 5.74) is 0.810. The molecule has 2 aromatic rings. The molecule has 3 heterocycles. The second kappa shape index (κ2) is 9.49. The van der Waals surface area contributed by atoms with Gasteiger partial charge in [0.05, 0.1) is 30.9 Å². The molecule has 2 saturated heterocycles. The summed E-state index contributed by atoms with van der Waals surface area (Å²) in [7, 11) is 2.07. The summed E-state index contributed by atoms with van der Waals surface area (Å²) in [4.78, 5) is 30.9. The Labute approximate surface area is 181 Å². The molecule has 1 aromatic heterocycles. The van der Waals surface area contributed by atoms with Gasteiger partial charge in [-0.3, -0.25) is 14.9 Å². The van der Waals surface area contributed by atoms with Crippen LogP contribution in [0.2, 0.25) is 0 Å². The van der Waals surface area contributed by atoms with E-state index < -0.39 is 4.92 Å². The Morgan fingerprint density at radius 1 is 1.19 bits per heavy atom. The Bertz CT molecular complexity index is 903. The second-order valence-electron chi connectivity index (χ2n) is 8.11. The Kier molecular flexibility index (Phi) is 6.53. The molecule has 1 aromatic carbocycles. The van der Waals surface area contributed by atoms with E-state index >= 15 is 0 Å². The number of nitrogens with zero attached hydrogens (tertiary/aromatic N) is 4. The molecular weight excluding hydrogens is 400 g/mol. The van der Waals surface area contributed by atoms with Crippen LogP contribution < -0.4 is 4.90 Å². The molecule has 0 unspecified atom stereocenters. The summed E-state index contributed by atoms with van der Waals surface area (Å²) in [6, 6.07) is 8.51. The highest BCUT2D eigenvalue weighted by Gasteiger charge is 2.30. The van der Waals surface area contributed by atoms with Crippen molar-refractivity contribution in [2.75, 3.05) is 51.3 Å². The summed E-state index contributed by atoms with van der Waals surface area (Å²) < 4.78 is 10.8. The summed E-state index contributed by atoms with van der Waals surface area (Å²) >= 11 is 0. The van der Waals surface area contributed by atoms with E-state index in [9.17, 15) is 14.9 Å². The van der Waals surface area contributed by atoms with Gasteiger partial charge >= 0.3 is 0 Å². The van der Waals surface area contributed by atoms with Crippen molar-refractivity contribution in [3.8, 4) is 0 Å². The van der Waals surface area contributed by atoms with E-state index in [4.69, 9.17) is 9.15 Å².